The van der Waals surface area contributed by atoms with Gasteiger partial charge in [0.25, 0.3) is 5.56 Å². The van der Waals surface area contributed by atoms with Crippen molar-refractivity contribution in [2.45, 2.75) is 11.8 Å². The molecule has 1 rings (SSSR count). The second-order valence-electron chi connectivity index (χ2n) is 2.69. The van der Waals surface area contributed by atoms with E-state index in [0.717, 1.165) is 10.3 Å². The molecule has 1 aromatic heterocycles. The zero-order valence-corrected chi connectivity index (χ0v) is 8.80. The number of hydrogen-bond donors (Lipinski definition) is 1. The zero-order valence-electron chi connectivity index (χ0n) is 7.98. The van der Waals surface area contributed by atoms with Gasteiger partial charge >= 0.3 is 5.97 Å². The van der Waals surface area contributed by atoms with E-state index >= 15 is 0 Å². The van der Waals surface area contributed by atoms with E-state index in [1.54, 1.807) is 6.07 Å². The van der Waals surface area contributed by atoms with Crippen molar-refractivity contribution >= 4 is 17.7 Å². The quantitative estimate of drug-likeness (QED) is 0.766. The summed E-state index contributed by atoms with van der Waals surface area (Å²) in [6, 6.07) is 3.00. The largest absolute Gasteiger partial charge is 0.477 e. The van der Waals surface area contributed by atoms with Crippen LogP contribution < -0.4 is 5.56 Å². The van der Waals surface area contributed by atoms with Crippen molar-refractivity contribution in [3.63, 3.8) is 0 Å². The lowest BCUT2D eigenvalue weighted by Gasteiger charge is -2.05. The third-order valence-corrected chi connectivity index (χ3v) is 2.70. The minimum absolute atomic E-state index is 0.00968. The summed E-state index contributed by atoms with van der Waals surface area (Å²) in [5.74, 6) is -0.292. The summed E-state index contributed by atoms with van der Waals surface area (Å²) in [6.07, 6.45) is 0. The number of pyridine rings is 1. The van der Waals surface area contributed by atoms with Crippen LogP contribution in [0.2, 0.25) is 0 Å². The molecule has 0 unspecified atom stereocenters. The lowest BCUT2D eigenvalue weighted by Crippen LogP contribution is -2.23. The maximum absolute atomic E-state index is 11.6. The first-order valence-corrected chi connectivity index (χ1v) is 5.12. The summed E-state index contributed by atoms with van der Waals surface area (Å²) in [4.78, 5) is 22.8. The fourth-order valence-electron chi connectivity index (χ4n) is 1.09. The van der Waals surface area contributed by atoms with E-state index in [-0.39, 0.29) is 11.3 Å². The molecule has 0 fully saturated rings. The first-order chi connectivity index (χ1) is 6.57. The molecular weight excluding hydrogens is 202 g/mol. The van der Waals surface area contributed by atoms with Crippen LogP contribution in [0.5, 0.6) is 0 Å². The number of rotatable bonds is 3. The molecule has 0 spiro atoms. The number of carboxylic acids is 1. The molecule has 76 valence electrons. The number of aromatic carboxylic acids is 1. The number of nitrogens with zero attached hydrogens (tertiary/aromatic N) is 1. The highest BCUT2D eigenvalue weighted by Crippen LogP contribution is 2.12. The first kappa shape index (κ1) is 10.8. The number of hydrogen-bond acceptors (Lipinski definition) is 3. The molecule has 1 heterocycles. The Hall–Kier alpha value is -1.23. The van der Waals surface area contributed by atoms with E-state index in [0.29, 0.717) is 4.90 Å². The van der Waals surface area contributed by atoms with Crippen molar-refractivity contribution in [2.75, 3.05) is 5.75 Å². The molecule has 4 nitrogen and oxygen atoms in total. The van der Waals surface area contributed by atoms with Crippen LogP contribution in [-0.4, -0.2) is 21.4 Å². The lowest BCUT2D eigenvalue weighted by molar-refractivity contribution is 0.0684. The van der Waals surface area contributed by atoms with Gasteiger partial charge < -0.3 is 9.67 Å². The van der Waals surface area contributed by atoms with Crippen molar-refractivity contribution in [3.8, 4) is 0 Å². The van der Waals surface area contributed by atoms with Crippen LogP contribution in [0.15, 0.2) is 21.8 Å². The van der Waals surface area contributed by atoms with Crippen molar-refractivity contribution in [3.05, 3.63) is 28.2 Å². The number of carboxylic acid groups (broad SMARTS) is 1. The van der Waals surface area contributed by atoms with Gasteiger partial charge in [-0.05, 0) is 17.9 Å². The van der Waals surface area contributed by atoms with Crippen molar-refractivity contribution < 1.29 is 9.90 Å². The average Bonchev–Trinajstić information content (AvgIpc) is 2.13. The molecule has 0 aliphatic heterocycles. The van der Waals surface area contributed by atoms with Gasteiger partial charge in [-0.2, -0.15) is 0 Å². The lowest BCUT2D eigenvalue weighted by atomic mass is 10.3. The Bertz CT molecular complexity index is 411. The Morgan fingerprint density at radius 2 is 2.21 bits per heavy atom. The van der Waals surface area contributed by atoms with Crippen molar-refractivity contribution in [1.29, 1.82) is 0 Å². The average molecular weight is 213 g/mol. The van der Waals surface area contributed by atoms with Gasteiger partial charge in [0.2, 0.25) is 0 Å². The number of carbonyl (C=O) groups is 1. The van der Waals surface area contributed by atoms with Crippen LogP contribution in [0, 0.1) is 0 Å². The van der Waals surface area contributed by atoms with Crippen LogP contribution in [0.3, 0.4) is 0 Å². The van der Waals surface area contributed by atoms with Gasteiger partial charge in [-0.25, -0.2) is 4.79 Å². The van der Waals surface area contributed by atoms with E-state index < -0.39 is 5.97 Å². The van der Waals surface area contributed by atoms with Crippen LogP contribution in [0.4, 0.5) is 0 Å². The highest BCUT2D eigenvalue weighted by atomic mass is 32.2. The molecule has 1 N–H and O–H groups in total. The van der Waals surface area contributed by atoms with Gasteiger partial charge in [-0.15, -0.1) is 11.8 Å². The molecular formula is C9H11NO3S. The van der Waals surface area contributed by atoms with E-state index in [2.05, 4.69) is 0 Å². The van der Waals surface area contributed by atoms with E-state index in [4.69, 9.17) is 5.11 Å². The minimum Gasteiger partial charge on any atom is -0.477 e. The topological polar surface area (TPSA) is 59.3 Å². The predicted octanol–water partition coefficient (Wildman–Crippen LogP) is 1.20. The molecule has 0 radical (unpaired) electrons. The number of aromatic nitrogens is 1. The molecule has 0 saturated heterocycles. The monoisotopic (exact) mass is 213 g/mol. The van der Waals surface area contributed by atoms with E-state index in [1.807, 2.05) is 6.92 Å². The van der Waals surface area contributed by atoms with Crippen molar-refractivity contribution in [2.24, 2.45) is 7.05 Å². The van der Waals surface area contributed by atoms with Crippen LogP contribution in [0.25, 0.3) is 0 Å². The molecule has 14 heavy (non-hydrogen) atoms. The van der Waals surface area contributed by atoms with Crippen molar-refractivity contribution in [1.82, 2.24) is 4.57 Å². The third-order valence-electron chi connectivity index (χ3n) is 1.79. The number of thioether (sulfide) groups is 1. The van der Waals surface area contributed by atoms with Gasteiger partial charge in [0.1, 0.15) is 5.69 Å². The maximum atomic E-state index is 11.6. The predicted molar refractivity (Wildman–Crippen MR) is 55.0 cm³/mol. The normalized spacial score (nSPS) is 10.1. The SMILES string of the molecule is CCSc1ccc(C(=O)O)n(C)c1=O. The Balaban J connectivity index is 3.26. The van der Waals surface area contributed by atoms with Crippen LogP contribution >= 0.6 is 11.8 Å². The third kappa shape index (κ3) is 1.98. The molecule has 0 aromatic carbocycles. The standard InChI is InChI=1S/C9H11NO3S/c1-3-14-7-5-4-6(9(12)13)10(2)8(7)11/h4-5H,3H2,1-2H3,(H,12,13). The van der Waals surface area contributed by atoms with Crippen LogP contribution in [0.1, 0.15) is 17.4 Å². The second-order valence-corrected chi connectivity index (χ2v) is 3.99. The van der Waals surface area contributed by atoms with Gasteiger partial charge in [0.15, 0.2) is 0 Å². The highest BCUT2D eigenvalue weighted by molar-refractivity contribution is 7.99. The van der Waals surface area contributed by atoms with Gasteiger partial charge in [-0.1, -0.05) is 6.92 Å². The zero-order chi connectivity index (χ0) is 10.7. The Kier molecular flexibility index (Phi) is 3.35. The highest BCUT2D eigenvalue weighted by Gasteiger charge is 2.10. The van der Waals surface area contributed by atoms with Gasteiger partial charge in [0.05, 0.1) is 4.90 Å². The molecule has 0 amide bonds. The summed E-state index contributed by atoms with van der Waals surface area (Å²) < 4.78 is 1.15. The summed E-state index contributed by atoms with van der Waals surface area (Å²) in [7, 11) is 1.46. The van der Waals surface area contributed by atoms with Gasteiger partial charge in [-0.3, -0.25) is 4.79 Å². The molecule has 0 aliphatic carbocycles. The smallest absolute Gasteiger partial charge is 0.352 e. The minimum atomic E-state index is -1.09. The fraction of sp³-hybridized carbons (Fsp3) is 0.333. The summed E-state index contributed by atoms with van der Waals surface area (Å²) in [5.41, 5.74) is -0.243. The van der Waals surface area contributed by atoms with Crippen LogP contribution in [-0.2, 0) is 7.05 Å². The Morgan fingerprint density at radius 3 is 2.71 bits per heavy atom. The van der Waals surface area contributed by atoms with E-state index in [1.165, 1.54) is 24.9 Å². The molecule has 0 aliphatic rings. The molecule has 5 heteroatoms. The second kappa shape index (κ2) is 4.32. The summed E-state index contributed by atoms with van der Waals surface area (Å²) in [6.45, 7) is 1.94. The fourth-order valence-corrected chi connectivity index (χ4v) is 1.83. The molecule has 0 saturated carbocycles. The molecule has 1 aromatic rings. The molecule has 0 atom stereocenters. The maximum Gasteiger partial charge on any atom is 0.352 e. The summed E-state index contributed by atoms with van der Waals surface area (Å²) >= 11 is 1.41. The molecule has 0 bridgehead atoms. The van der Waals surface area contributed by atoms with Gasteiger partial charge in [0, 0.05) is 7.05 Å². The summed E-state index contributed by atoms with van der Waals surface area (Å²) in [5, 5.41) is 8.74. The Morgan fingerprint density at radius 1 is 1.57 bits per heavy atom. The Labute approximate surface area is 85.6 Å². The van der Waals surface area contributed by atoms with E-state index in [9.17, 15) is 9.59 Å². The first-order valence-electron chi connectivity index (χ1n) is 4.14.